The first-order chi connectivity index (χ1) is 11.9. The van der Waals surface area contributed by atoms with Crippen LogP contribution in [0.3, 0.4) is 0 Å². The Morgan fingerprint density at radius 1 is 1.36 bits per heavy atom. The third kappa shape index (κ3) is 3.92. The predicted molar refractivity (Wildman–Crippen MR) is 85.0 cm³/mol. The second-order valence-electron chi connectivity index (χ2n) is 6.27. The van der Waals surface area contributed by atoms with E-state index in [-0.39, 0.29) is 24.2 Å². The van der Waals surface area contributed by atoms with Gasteiger partial charge in [-0.2, -0.15) is 18.3 Å². The van der Waals surface area contributed by atoms with Crippen LogP contribution in [-0.2, 0) is 12.6 Å². The first-order valence-electron chi connectivity index (χ1n) is 8.23. The van der Waals surface area contributed by atoms with Gasteiger partial charge in [0.25, 0.3) is 0 Å². The number of hydrogen-bond donors (Lipinski definition) is 3. The summed E-state index contributed by atoms with van der Waals surface area (Å²) >= 11 is 0. The van der Waals surface area contributed by atoms with Crippen molar-refractivity contribution in [2.24, 2.45) is 5.92 Å². The molecule has 2 aromatic rings. The molecule has 6 nitrogen and oxygen atoms in total. The molecule has 3 N–H and O–H groups in total. The highest BCUT2D eigenvalue weighted by molar-refractivity contribution is 5.45. The lowest BCUT2D eigenvalue weighted by molar-refractivity contribution is -0.137. The van der Waals surface area contributed by atoms with Crippen molar-refractivity contribution in [2.45, 2.75) is 44.4 Å². The molecule has 0 unspecified atom stereocenters. The summed E-state index contributed by atoms with van der Waals surface area (Å²) in [6, 6.07) is 2.24. The van der Waals surface area contributed by atoms with Gasteiger partial charge in [-0.05, 0) is 25.0 Å². The van der Waals surface area contributed by atoms with Crippen LogP contribution in [0.2, 0.25) is 0 Å². The molecule has 25 heavy (non-hydrogen) atoms. The van der Waals surface area contributed by atoms with E-state index in [2.05, 4.69) is 25.5 Å². The van der Waals surface area contributed by atoms with Gasteiger partial charge in [0.1, 0.15) is 11.6 Å². The number of halogens is 3. The second-order valence-corrected chi connectivity index (χ2v) is 6.27. The minimum Gasteiger partial charge on any atom is -0.393 e. The van der Waals surface area contributed by atoms with Gasteiger partial charge in [0, 0.05) is 31.0 Å². The normalized spacial score (nSPS) is 23.8. The standard InChI is InChI=1S/C16H20F3N5O/c1-2-13-22-14(24-23-13)9-6-10(12(25)7-9)8-21-15-11(16(17,18)19)4-3-5-20-15/h3-5,9-10,12,25H,2,6-8H2,1H3,(H,20,21)(H,22,23,24)/t9-,10+,12+/m0/s1. The van der Waals surface area contributed by atoms with Crippen molar-refractivity contribution in [1.82, 2.24) is 20.2 Å². The highest BCUT2D eigenvalue weighted by atomic mass is 19.4. The summed E-state index contributed by atoms with van der Waals surface area (Å²) in [6.07, 6.45) is -1.91. The van der Waals surface area contributed by atoms with Crippen LogP contribution in [0, 0.1) is 5.92 Å². The molecule has 0 bridgehead atoms. The molecule has 1 aliphatic rings. The third-order valence-electron chi connectivity index (χ3n) is 4.55. The number of aryl methyl sites for hydroxylation is 1. The molecule has 0 aromatic carbocycles. The van der Waals surface area contributed by atoms with E-state index in [4.69, 9.17) is 0 Å². The summed E-state index contributed by atoms with van der Waals surface area (Å²) in [5.74, 6) is 1.05. The molecule has 0 radical (unpaired) electrons. The maximum Gasteiger partial charge on any atom is 0.419 e. The molecule has 3 rings (SSSR count). The maximum absolute atomic E-state index is 13.0. The van der Waals surface area contributed by atoms with Gasteiger partial charge in [-0.3, -0.25) is 5.10 Å². The SMILES string of the molecule is CCc1nc([C@H]2C[C@H](CNc3ncccc3C(F)(F)F)[C@H](O)C2)n[nH]1. The zero-order valence-corrected chi connectivity index (χ0v) is 13.7. The van der Waals surface area contributed by atoms with Crippen LogP contribution in [0.1, 0.15) is 42.9 Å². The van der Waals surface area contributed by atoms with Crippen molar-refractivity contribution < 1.29 is 18.3 Å². The van der Waals surface area contributed by atoms with Crippen molar-refractivity contribution in [3.05, 3.63) is 35.5 Å². The number of H-pyrrole nitrogens is 1. The molecule has 1 saturated carbocycles. The molecule has 2 heterocycles. The number of aromatic nitrogens is 4. The van der Waals surface area contributed by atoms with E-state index in [1.54, 1.807) is 0 Å². The minimum absolute atomic E-state index is 0.00386. The van der Waals surface area contributed by atoms with Gasteiger partial charge >= 0.3 is 6.18 Å². The number of anilines is 1. The number of nitrogens with one attached hydrogen (secondary N) is 2. The van der Waals surface area contributed by atoms with E-state index in [1.165, 1.54) is 12.3 Å². The lowest BCUT2D eigenvalue weighted by atomic mass is 10.0. The molecule has 3 atom stereocenters. The van der Waals surface area contributed by atoms with E-state index in [0.717, 1.165) is 18.3 Å². The molecule has 2 aromatic heterocycles. The quantitative estimate of drug-likeness (QED) is 0.768. The number of pyridine rings is 1. The van der Waals surface area contributed by atoms with Crippen LogP contribution in [0.15, 0.2) is 18.3 Å². The zero-order valence-electron chi connectivity index (χ0n) is 13.7. The van der Waals surface area contributed by atoms with Crippen LogP contribution in [0.4, 0.5) is 19.0 Å². The molecular weight excluding hydrogens is 335 g/mol. The average Bonchev–Trinajstić information content (AvgIpc) is 3.19. The van der Waals surface area contributed by atoms with Crippen molar-refractivity contribution in [1.29, 1.82) is 0 Å². The van der Waals surface area contributed by atoms with Crippen LogP contribution < -0.4 is 5.32 Å². The van der Waals surface area contributed by atoms with Crippen LogP contribution >= 0.6 is 0 Å². The van der Waals surface area contributed by atoms with E-state index >= 15 is 0 Å². The molecule has 0 saturated heterocycles. The molecule has 9 heteroatoms. The Bertz CT molecular complexity index is 718. The summed E-state index contributed by atoms with van der Waals surface area (Å²) in [5.41, 5.74) is -0.805. The molecule has 0 aliphatic heterocycles. The van der Waals surface area contributed by atoms with E-state index in [1.807, 2.05) is 6.92 Å². The molecule has 1 aliphatic carbocycles. The van der Waals surface area contributed by atoms with Gasteiger partial charge in [-0.15, -0.1) is 0 Å². The summed E-state index contributed by atoms with van der Waals surface area (Å²) in [7, 11) is 0. The Balaban J connectivity index is 1.64. The highest BCUT2D eigenvalue weighted by Gasteiger charge is 2.37. The Morgan fingerprint density at radius 3 is 2.84 bits per heavy atom. The van der Waals surface area contributed by atoms with Crippen molar-refractivity contribution in [3.63, 3.8) is 0 Å². The number of aliphatic hydroxyl groups is 1. The summed E-state index contributed by atoms with van der Waals surface area (Å²) in [5, 5.41) is 20.0. The zero-order chi connectivity index (χ0) is 18.0. The molecule has 0 spiro atoms. The lowest BCUT2D eigenvalue weighted by Crippen LogP contribution is -2.23. The number of rotatable bonds is 5. The smallest absolute Gasteiger partial charge is 0.393 e. The first-order valence-corrected chi connectivity index (χ1v) is 8.23. The topological polar surface area (TPSA) is 86.7 Å². The van der Waals surface area contributed by atoms with Gasteiger partial charge in [0.15, 0.2) is 5.82 Å². The van der Waals surface area contributed by atoms with Crippen LogP contribution in [0.5, 0.6) is 0 Å². The Morgan fingerprint density at radius 2 is 2.16 bits per heavy atom. The van der Waals surface area contributed by atoms with Crippen molar-refractivity contribution >= 4 is 5.82 Å². The predicted octanol–water partition coefficient (Wildman–Crippen LogP) is 2.75. The number of nitrogens with zero attached hydrogens (tertiary/aromatic N) is 3. The van der Waals surface area contributed by atoms with Gasteiger partial charge in [-0.1, -0.05) is 6.92 Å². The number of aromatic amines is 1. The van der Waals surface area contributed by atoms with Crippen molar-refractivity contribution in [3.8, 4) is 0 Å². The molecule has 136 valence electrons. The number of aliphatic hydroxyl groups excluding tert-OH is 1. The fourth-order valence-electron chi connectivity index (χ4n) is 3.19. The second kappa shape index (κ2) is 6.99. The van der Waals surface area contributed by atoms with Gasteiger partial charge in [-0.25, -0.2) is 9.97 Å². The largest absolute Gasteiger partial charge is 0.419 e. The average molecular weight is 355 g/mol. The Labute approximate surface area is 142 Å². The molecule has 0 amide bonds. The Hall–Kier alpha value is -2.16. The van der Waals surface area contributed by atoms with E-state index in [9.17, 15) is 18.3 Å². The third-order valence-corrected chi connectivity index (χ3v) is 4.55. The molecule has 1 fully saturated rings. The van der Waals surface area contributed by atoms with Crippen LogP contribution in [-0.4, -0.2) is 37.9 Å². The Kier molecular flexibility index (Phi) is 4.94. The van der Waals surface area contributed by atoms with Crippen molar-refractivity contribution in [2.75, 3.05) is 11.9 Å². The number of alkyl halides is 3. The van der Waals surface area contributed by atoms with E-state index in [0.29, 0.717) is 18.7 Å². The maximum atomic E-state index is 13.0. The number of hydrogen-bond acceptors (Lipinski definition) is 5. The van der Waals surface area contributed by atoms with Gasteiger partial charge in [0.2, 0.25) is 0 Å². The minimum atomic E-state index is -4.47. The molecular formula is C16H20F3N5O. The monoisotopic (exact) mass is 355 g/mol. The van der Waals surface area contributed by atoms with Crippen LogP contribution in [0.25, 0.3) is 0 Å². The summed E-state index contributed by atoms with van der Waals surface area (Å²) < 4.78 is 39.0. The summed E-state index contributed by atoms with van der Waals surface area (Å²) in [6.45, 7) is 2.18. The van der Waals surface area contributed by atoms with E-state index < -0.39 is 17.8 Å². The first kappa shape index (κ1) is 17.7. The summed E-state index contributed by atoms with van der Waals surface area (Å²) in [4.78, 5) is 8.17. The lowest BCUT2D eigenvalue weighted by Gasteiger charge is -2.18. The highest BCUT2D eigenvalue weighted by Crippen LogP contribution is 2.38. The van der Waals surface area contributed by atoms with Gasteiger partial charge in [0.05, 0.1) is 11.7 Å². The fraction of sp³-hybridized carbons (Fsp3) is 0.562. The van der Waals surface area contributed by atoms with Gasteiger partial charge < -0.3 is 10.4 Å². The fourth-order valence-corrected chi connectivity index (χ4v) is 3.19.